The standard InChI is InChI=1S/C16H13N7O2/c17-16-19-14-13(21-23-22-14)15(20-16)24-9-10-6-7-12(18-8-10)25-11-4-2-1-3-5-11/h1-8H,9H2,(H3,17,19,20,21,22,23). The molecule has 9 heteroatoms. The minimum absolute atomic E-state index is 0.0705. The molecular weight excluding hydrogens is 322 g/mol. The molecule has 3 aromatic heterocycles. The molecule has 0 aliphatic heterocycles. The zero-order chi connectivity index (χ0) is 17.1. The summed E-state index contributed by atoms with van der Waals surface area (Å²) in [4.78, 5) is 12.3. The number of nitrogens with one attached hydrogen (secondary N) is 1. The second-order valence-electron chi connectivity index (χ2n) is 5.09. The number of rotatable bonds is 5. The molecule has 4 aromatic rings. The van der Waals surface area contributed by atoms with Gasteiger partial charge >= 0.3 is 0 Å². The highest BCUT2D eigenvalue weighted by molar-refractivity contribution is 5.75. The smallest absolute Gasteiger partial charge is 0.249 e. The maximum atomic E-state index is 5.67. The van der Waals surface area contributed by atoms with Gasteiger partial charge in [-0.2, -0.15) is 15.2 Å². The van der Waals surface area contributed by atoms with Crippen LogP contribution in [0.2, 0.25) is 0 Å². The van der Waals surface area contributed by atoms with Gasteiger partial charge in [0.15, 0.2) is 5.52 Å². The number of fused-ring (bicyclic) bond motifs is 1. The molecule has 0 aliphatic rings. The molecule has 1 aromatic carbocycles. The topological polar surface area (TPSA) is 125 Å². The Kier molecular flexibility index (Phi) is 3.79. The summed E-state index contributed by atoms with van der Waals surface area (Å²) in [6.07, 6.45) is 1.67. The molecule has 0 atom stereocenters. The van der Waals surface area contributed by atoms with E-state index in [1.165, 1.54) is 0 Å². The normalized spacial score (nSPS) is 10.7. The number of hydrogen-bond acceptors (Lipinski definition) is 8. The average Bonchev–Trinajstić information content (AvgIpc) is 3.10. The number of aromatic amines is 1. The molecule has 0 aliphatic carbocycles. The van der Waals surface area contributed by atoms with Gasteiger partial charge in [-0.25, -0.2) is 4.98 Å². The van der Waals surface area contributed by atoms with E-state index >= 15 is 0 Å². The Labute approximate surface area is 141 Å². The second kappa shape index (κ2) is 6.40. The molecule has 3 heterocycles. The molecule has 4 rings (SSSR count). The lowest BCUT2D eigenvalue weighted by Gasteiger charge is -2.07. The van der Waals surface area contributed by atoms with Crippen LogP contribution in [-0.2, 0) is 6.61 Å². The Hall–Kier alpha value is -3.75. The number of para-hydroxylation sites is 1. The summed E-state index contributed by atoms with van der Waals surface area (Å²) in [5, 5.41) is 10.3. The SMILES string of the molecule is Nc1nc(OCc2ccc(Oc3ccccc3)nc2)c2n[nH]nc2n1. The number of nitrogens with two attached hydrogens (primary N) is 1. The number of ether oxygens (including phenoxy) is 2. The number of H-pyrrole nitrogens is 1. The number of pyridine rings is 1. The molecule has 0 unspecified atom stereocenters. The quantitative estimate of drug-likeness (QED) is 0.568. The van der Waals surface area contributed by atoms with Crippen molar-refractivity contribution in [3.8, 4) is 17.5 Å². The van der Waals surface area contributed by atoms with Crippen LogP contribution in [0.5, 0.6) is 17.5 Å². The molecule has 124 valence electrons. The molecule has 0 spiro atoms. The lowest BCUT2D eigenvalue weighted by molar-refractivity contribution is 0.296. The summed E-state index contributed by atoms with van der Waals surface area (Å²) in [5.41, 5.74) is 7.25. The van der Waals surface area contributed by atoms with E-state index in [2.05, 4.69) is 30.4 Å². The highest BCUT2D eigenvalue weighted by Gasteiger charge is 2.11. The van der Waals surface area contributed by atoms with Crippen molar-refractivity contribution in [2.45, 2.75) is 6.61 Å². The molecular formula is C16H13N7O2. The van der Waals surface area contributed by atoms with E-state index in [1.807, 2.05) is 36.4 Å². The Morgan fingerprint density at radius 2 is 1.88 bits per heavy atom. The van der Waals surface area contributed by atoms with Crippen molar-refractivity contribution in [3.63, 3.8) is 0 Å². The Morgan fingerprint density at radius 3 is 2.68 bits per heavy atom. The first kappa shape index (κ1) is 14.8. The van der Waals surface area contributed by atoms with Crippen LogP contribution in [0.3, 0.4) is 0 Å². The maximum Gasteiger partial charge on any atom is 0.249 e. The van der Waals surface area contributed by atoms with Crippen LogP contribution in [0.15, 0.2) is 48.7 Å². The van der Waals surface area contributed by atoms with Gasteiger partial charge in [0.1, 0.15) is 12.4 Å². The van der Waals surface area contributed by atoms with Gasteiger partial charge in [-0.05, 0) is 18.2 Å². The Morgan fingerprint density at radius 1 is 1.00 bits per heavy atom. The van der Waals surface area contributed by atoms with Gasteiger partial charge in [0, 0.05) is 17.8 Å². The monoisotopic (exact) mass is 335 g/mol. The van der Waals surface area contributed by atoms with Crippen molar-refractivity contribution in [3.05, 3.63) is 54.2 Å². The van der Waals surface area contributed by atoms with Crippen molar-refractivity contribution in [2.24, 2.45) is 0 Å². The fourth-order valence-corrected chi connectivity index (χ4v) is 2.16. The minimum Gasteiger partial charge on any atom is -0.471 e. The van der Waals surface area contributed by atoms with Crippen molar-refractivity contribution in [1.29, 1.82) is 0 Å². The summed E-state index contributed by atoms with van der Waals surface area (Å²) >= 11 is 0. The van der Waals surface area contributed by atoms with E-state index in [4.69, 9.17) is 15.2 Å². The van der Waals surface area contributed by atoms with Crippen LogP contribution in [0, 0.1) is 0 Å². The molecule has 0 fully saturated rings. The van der Waals surface area contributed by atoms with E-state index in [0.717, 1.165) is 11.3 Å². The van der Waals surface area contributed by atoms with Crippen LogP contribution in [0.4, 0.5) is 5.95 Å². The van der Waals surface area contributed by atoms with Gasteiger partial charge < -0.3 is 15.2 Å². The van der Waals surface area contributed by atoms with Gasteiger partial charge in [-0.1, -0.05) is 18.2 Å². The maximum absolute atomic E-state index is 5.67. The Balaban J connectivity index is 1.45. The third-order valence-corrected chi connectivity index (χ3v) is 3.31. The van der Waals surface area contributed by atoms with E-state index in [0.29, 0.717) is 17.0 Å². The first-order valence-corrected chi connectivity index (χ1v) is 7.42. The average molecular weight is 335 g/mol. The Bertz CT molecular complexity index is 986. The molecule has 0 radical (unpaired) electrons. The molecule has 0 saturated heterocycles. The summed E-state index contributed by atoms with van der Waals surface area (Å²) in [6.45, 7) is 0.247. The largest absolute Gasteiger partial charge is 0.471 e. The first-order valence-electron chi connectivity index (χ1n) is 7.42. The van der Waals surface area contributed by atoms with Crippen LogP contribution in [0.25, 0.3) is 11.2 Å². The predicted molar refractivity (Wildman–Crippen MR) is 89.0 cm³/mol. The zero-order valence-corrected chi connectivity index (χ0v) is 13.0. The number of benzene rings is 1. The van der Waals surface area contributed by atoms with E-state index in [-0.39, 0.29) is 18.4 Å². The summed E-state index contributed by atoms with van der Waals surface area (Å²) in [5.74, 6) is 1.56. The summed E-state index contributed by atoms with van der Waals surface area (Å²) in [6, 6.07) is 13.1. The zero-order valence-electron chi connectivity index (χ0n) is 13.0. The number of nitrogen functional groups attached to an aromatic ring is 1. The number of nitrogens with zero attached hydrogens (tertiary/aromatic N) is 5. The lowest BCUT2D eigenvalue weighted by atomic mass is 10.3. The van der Waals surface area contributed by atoms with Gasteiger partial charge in [0.25, 0.3) is 0 Å². The molecule has 9 nitrogen and oxygen atoms in total. The highest BCUT2D eigenvalue weighted by Crippen LogP contribution is 2.21. The lowest BCUT2D eigenvalue weighted by Crippen LogP contribution is -2.02. The summed E-state index contributed by atoms with van der Waals surface area (Å²) < 4.78 is 11.3. The van der Waals surface area contributed by atoms with E-state index in [1.54, 1.807) is 12.3 Å². The third kappa shape index (κ3) is 3.29. The van der Waals surface area contributed by atoms with Gasteiger partial charge in [0.2, 0.25) is 23.4 Å². The highest BCUT2D eigenvalue weighted by atomic mass is 16.5. The fourth-order valence-electron chi connectivity index (χ4n) is 2.16. The van der Waals surface area contributed by atoms with E-state index in [9.17, 15) is 0 Å². The van der Waals surface area contributed by atoms with Crippen LogP contribution >= 0.6 is 0 Å². The third-order valence-electron chi connectivity index (χ3n) is 3.31. The minimum atomic E-state index is 0.0705. The van der Waals surface area contributed by atoms with Gasteiger partial charge in [-0.3, -0.25) is 0 Å². The van der Waals surface area contributed by atoms with Crippen LogP contribution in [-0.4, -0.2) is 30.4 Å². The number of aromatic nitrogens is 6. The van der Waals surface area contributed by atoms with Gasteiger partial charge in [-0.15, -0.1) is 10.2 Å². The molecule has 0 amide bonds. The van der Waals surface area contributed by atoms with Crippen molar-refractivity contribution >= 4 is 17.1 Å². The molecule has 25 heavy (non-hydrogen) atoms. The van der Waals surface area contributed by atoms with Gasteiger partial charge in [0.05, 0.1) is 0 Å². The first-order chi connectivity index (χ1) is 12.3. The molecule has 0 saturated carbocycles. The molecule has 0 bridgehead atoms. The van der Waals surface area contributed by atoms with Crippen LogP contribution in [0.1, 0.15) is 5.56 Å². The predicted octanol–water partition coefficient (Wildman–Crippen LogP) is 2.10. The second-order valence-corrected chi connectivity index (χ2v) is 5.09. The molecule has 3 N–H and O–H groups in total. The summed E-state index contributed by atoms with van der Waals surface area (Å²) in [7, 11) is 0. The van der Waals surface area contributed by atoms with Crippen molar-refractivity contribution in [1.82, 2.24) is 30.4 Å². The number of hydrogen-bond donors (Lipinski definition) is 2. The van der Waals surface area contributed by atoms with Crippen LogP contribution < -0.4 is 15.2 Å². The van der Waals surface area contributed by atoms with Crippen molar-refractivity contribution < 1.29 is 9.47 Å². The van der Waals surface area contributed by atoms with E-state index < -0.39 is 0 Å². The number of anilines is 1. The fraction of sp³-hybridized carbons (Fsp3) is 0.0625. The van der Waals surface area contributed by atoms with Crippen molar-refractivity contribution in [2.75, 3.05) is 5.73 Å².